The Morgan fingerprint density at radius 2 is 1.81 bits per heavy atom. The van der Waals surface area contributed by atoms with Crippen LogP contribution in [0.4, 0.5) is 24.5 Å². The van der Waals surface area contributed by atoms with Crippen molar-refractivity contribution in [2.75, 3.05) is 24.3 Å². The third kappa shape index (κ3) is 6.49. The molecular formula is C22H19ClF3N3O3. The molecule has 2 rings (SSSR count). The quantitative estimate of drug-likeness (QED) is 0.372. The van der Waals surface area contributed by atoms with Crippen LogP contribution < -0.4 is 10.2 Å². The van der Waals surface area contributed by atoms with E-state index in [4.69, 9.17) is 16.3 Å². The summed E-state index contributed by atoms with van der Waals surface area (Å²) in [5.41, 5.74) is -0.152. The maximum Gasteiger partial charge on any atom is 0.416 e. The fraction of sp³-hybridized carbons (Fsp3) is 0.227. The first-order valence-corrected chi connectivity index (χ1v) is 9.58. The highest BCUT2D eigenvalue weighted by atomic mass is 35.5. The van der Waals surface area contributed by atoms with E-state index < -0.39 is 29.7 Å². The number of esters is 1. The normalized spacial score (nSPS) is 12.5. The maximum atomic E-state index is 12.9. The van der Waals surface area contributed by atoms with Crippen molar-refractivity contribution < 1.29 is 27.5 Å². The van der Waals surface area contributed by atoms with E-state index in [0.717, 1.165) is 17.8 Å². The molecule has 0 spiro atoms. The largest absolute Gasteiger partial charge is 0.448 e. The minimum absolute atomic E-state index is 0.122. The molecule has 1 atom stereocenters. The molecule has 0 saturated carbocycles. The number of anilines is 2. The number of nitrogens with one attached hydrogen (secondary N) is 1. The molecule has 32 heavy (non-hydrogen) atoms. The highest BCUT2D eigenvalue weighted by Gasteiger charge is 2.31. The van der Waals surface area contributed by atoms with Crippen molar-refractivity contribution >= 4 is 40.9 Å². The second-order valence-electron chi connectivity index (χ2n) is 6.88. The van der Waals surface area contributed by atoms with Gasteiger partial charge in [-0.3, -0.25) is 4.79 Å². The van der Waals surface area contributed by atoms with E-state index in [9.17, 15) is 28.0 Å². The summed E-state index contributed by atoms with van der Waals surface area (Å²) in [6.07, 6.45) is -4.73. The van der Waals surface area contributed by atoms with Crippen molar-refractivity contribution in [3.63, 3.8) is 0 Å². The number of halogens is 4. The molecule has 0 aliphatic heterocycles. The van der Waals surface area contributed by atoms with Crippen LogP contribution in [-0.4, -0.2) is 32.1 Å². The second kappa shape index (κ2) is 10.2. The van der Waals surface area contributed by atoms with Gasteiger partial charge >= 0.3 is 12.1 Å². The number of hydrogen-bond acceptors (Lipinski definition) is 5. The number of carbonyl (C=O) groups is 2. The molecule has 10 heteroatoms. The standard InChI is InChI=1S/C22H19ClF3N3O3/c1-13(20(30)28-19-11-16(22(24,25)26)6-9-18(19)23)32-21(31)15(12-27)10-14-4-7-17(8-5-14)29(2)3/h4-11,13H,1-3H3,(H,28,30)/b15-10+. The van der Waals surface area contributed by atoms with E-state index in [0.29, 0.717) is 11.6 Å². The third-order valence-corrected chi connectivity index (χ3v) is 4.60. The molecule has 6 nitrogen and oxygen atoms in total. The van der Waals surface area contributed by atoms with Gasteiger partial charge in [0.15, 0.2) is 6.10 Å². The molecule has 0 aliphatic rings. The molecule has 1 N–H and O–H groups in total. The number of carbonyl (C=O) groups excluding carboxylic acids is 2. The smallest absolute Gasteiger partial charge is 0.416 e. The molecule has 0 fully saturated rings. The molecule has 0 bridgehead atoms. The molecule has 0 aliphatic carbocycles. The summed E-state index contributed by atoms with van der Waals surface area (Å²) in [6, 6.07) is 11.1. The van der Waals surface area contributed by atoms with Crippen LogP contribution in [0.25, 0.3) is 6.08 Å². The van der Waals surface area contributed by atoms with Gasteiger partial charge in [-0.05, 0) is 48.9 Å². The first-order valence-electron chi connectivity index (χ1n) is 9.20. The van der Waals surface area contributed by atoms with Gasteiger partial charge in [0.1, 0.15) is 11.6 Å². The lowest BCUT2D eigenvalue weighted by Gasteiger charge is -2.15. The van der Waals surface area contributed by atoms with Crippen molar-refractivity contribution in [1.82, 2.24) is 0 Å². The summed E-state index contributed by atoms with van der Waals surface area (Å²) in [4.78, 5) is 26.5. The van der Waals surface area contributed by atoms with Gasteiger partial charge in [-0.1, -0.05) is 23.7 Å². The zero-order valence-corrected chi connectivity index (χ0v) is 18.1. The minimum Gasteiger partial charge on any atom is -0.448 e. The average Bonchev–Trinajstić information content (AvgIpc) is 2.72. The number of nitrogens with zero attached hydrogens (tertiary/aromatic N) is 2. The first-order chi connectivity index (χ1) is 14.9. The van der Waals surface area contributed by atoms with Crippen molar-refractivity contribution in [3.05, 3.63) is 64.2 Å². The van der Waals surface area contributed by atoms with Crippen LogP contribution in [-0.2, 0) is 20.5 Å². The van der Waals surface area contributed by atoms with Gasteiger partial charge in [0, 0.05) is 19.8 Å². The Morgan fingerprint density at radius 3 is 2.34 bits per heavy atom. The summed E-state index contributed by atoms with van der Waals surface area (Å²) in [7, 11) is 3.73. The lowest BCUT2D eigenvalue weighted by atomic mass is 10.1. The van der Waals surface area contributed by atoms with Crippen molar-refractivity contribution in [1.29, 1.82) is 5.26 Å². The lowest BCUT2D eigenvalue weighted by molar-refractivity contribution is -0.148. The number of benzene rings is 2. The molecular weight excluding hydrogens is 447 g/mol. The minimum atomic E-state index is -4.63. The van der Waals surface area contributed by atoms with Crippen LogP contribution >= 0.6 is 11.6 Å². The summed E-state index contributed by atoms with van der Waals surface area (Å²) < 4.78 is 43.6. The SMILES string of the molecule is CC(OC(=O)/C(C#N)=C/c1ccc(N(C)C)cc1)C(=O)Nc1cc(C(F)(F)F)ccc1Cl. The molecule has 168 valence electrons. The summed E-state index contributed by atoms with van der Waals surface area (Å²) in [6.45, 7) is 1.22. The lowest BCUT2D eigenvalue weighted by Crippen LogP contribution is -2.30. The van der Waals surface area contributed by atoms with Crippen LogP contribution in [0.1, 0.15) is 18.1 Å². The van der Waals surface area contributed by atoms with Crippen LogP contribution in [0.3, 0.4) is 0 Å². The predicted octanol–water partition coefficient (Wildman–Crippen LogP) is 4.90. The maximum absolute atomic E-state index is 12.9. The molecule has 2 aromatic rings. The zero-order valence-electron chi connectivity index (χ0n) is 17.3. The van der Waals surface area contributed by atoms with E-state index >= 15 is 0 Å². The van der Waals surface area contributed by atoms with Crippen LogP contribution in [0.15, 0.2) is 48.0 Å². The van der Waals surface area contributed by atoms with E-state index in [-0.39, 0.29) is 16.3 Å². The molecule has 0 saturated heterocycles. The van der Waals surface area contributed by atoms with Gasteiger partial charge in [0.05, 0.1) is 16.3 Å². The monoisotopic (exact) mass is 465 g/mol. The molecule has 2 aromatic carbocycles. The topological polar surface area (TPSA) is 82.4 Å². The van der Waals surface area contributed by atoms with Crippen molar-refractivity contribution in [3.8, 4) is 6.07 Å². The fourth-order valence-corrected chi connectivity index (χ4v) is 2.65. The molecule has 1 amide bonds. The van der Waals surface area contributed by atoms with Gasteiger partial charge in [-0.15, -0.1) is 0 Å². The Kier molecular flexibility index (Phi) is 7.89. The van der Waals surface area contributed by atoms with Crippen molar-refractivity contribution in [2.24, 2.45) is 0 Å². The molecule has 0 radical (unpaired) electrons. The summed E-state index contributed by atoms with van der Waals surface area (Å²) in [5, 5.41) is 11.4. The number of amides is 1. The fourth-order valence-electron chi connectivity index (χ4n) is 2.48. The van der Waals surface area contributed by atoms with Gasteiger partial charge in [-0.2, -0.15) is 18.4 Å². The Hall–Kier alpha value is -3.51. The highest BCUT2D eigenvalue weighted by molar-refractivity contribution is 6.33. The third-order valence-electron chi connectivity index (χ3n) is 4.27. The Bertz CT molecular complexity index is 1070. The predicted molar refractivity (Wildman–Crippen MR) is 115 cm³/mol. The van der Waals surface area contributed by atoms with E-state index in [2.05, 4.69) is 5.32 Å². The molecule has 1 unspecified atom stereocenters. The zero-order chi connectivity index (χ0) is 24.1. The number of ether oxygens (including phenoxy) is 1. The number of alkyl halides is 3. The van der Waals surface area contributed by atoms with Gasteiger partial charge in [-0.25, -0.2) is 4.79 Å². The second-order valence-corrected chi connectivity index (χ2v) is 7.29. The first kappa shape index (κ1) is 24.8. The van der Waals surface area contributed by atoms with Crippen LogP contribution in [0, 0.1) is 11.3 Å². The Labute approximate surface area is 187 Å². The van der Waals surface area contributed by atoms with Crippen LogP contribution in [0.5, 0.6) is 0 Å². The molecule has 0 heterocycles. The molecule has 0 aromatic heterocycles. The van der Waals surface area contributed by atoms with E-state index in [1.807, 2.05) is 19.0 Å². The summed E-state index contributed by atoms with van der Waals surface area (Å²) in [5.74, 6) is -1.96. The van der Waals surface area contributed by atoms with Gasteiger partial charge in [0.25, 0.3) is 5.91 Å². The van der Waals surface area contributed by atoms with Gasteiger partial charge in [0.2, 0.25) is 0 Å². The summed E-state index contributed by atoms with van der Waals surface area (Å²) >= 11 is 5.85. The van der Waals surface area contributed by atoms with E-state index in [1.54, 1.807) is 30.3 Å². The Morgan fingerprint density at radius 1 is 1.19 bits per heavy atom. The number of hydrogen-bond donors (Lipinski definition) is 1. The van der Waals surface area contributed by atoms with Crippen LogP contribution in [0.2, 0.25) is 5.02 Å². The van der Waals surface area contributed by atoms with Gasteiger partial charge < -0.3 is 15.0 Å². The highest BCUT2D eigenvalue weighted by Crippen LogP contribution is 2.33. The van der Waals surface area contributed by atoms with Crippen molar-refractivity contribution in [2.45, 2.75) is 19.2 Å². The Balaban J connectivity index is 2.10. The number of rotatable bonds is 6. The average molecular weight is 466 g/mol. The van der Waals surface area contributed by atoms with E-state index in [1.165, 1.54) is 13.0 Å². The number of nitriles is 1.